The Morgan fingerprint density at radius 1 is 1.21 bits per heavy atom. The molecule has 1 fully saturated rings. The minimum atomic E-state index is -3.76. The minimum absolute atomic E-state index is 0.0432. The summed E-state index contributed by atoms with van der Waals surface area (Å²) in [6, 6.07) is 5.75. The first-order valence-electron chi connectivity index (χ1n) is 8.43. The van der Waals surface area contributed by atoms with Gasteiger partial charge >= 0.3 is 0 Å². The molecule has 2 N–H and O–H groups in total. The molecule has 0 bridgehead atoms. The van der Waals surface area contributed by atoms with Gasteiger partial charge in [0.2, 0.25) is 15.9 Å². The number of thiazole rings is 1. The van der Waals surface area contributed by atoms with Crippen LogP contribution in [0.4, 0.5) is 10.8 Å². The van der Waals surface area contributed by atoms with Crippen molar-refractivity contribution in [3.63, 3.8) is 0 Å². The fourth-order valence-corrected chi connectivity index (χ4v) is 5.57. The van der Waals surface area contributed by atoms with Gasteiger partial charge in [0.1, 0.15) is 0 Å². The third kappa shape index (κ3) is 5.07. The van der Waals surface area contributed by atoms with Crippen LogP contribution in [0.15, 0.2) is 40.7 Å². The third-order valence-electron chi connectivity index (χ3n) is 4.31. The highest BCUT2D eigenvalue weighted by Crippen LogP contribution is 2.22. The average molecular weight is 445 g/mol. The molecule has 152 valence electrons. The molecule has 0 saturated carbocycles. The molecule has 3 rings (SSSR count). The van der Waals surface area contributed by atoms with Crippen LogP contribution in [0.2, 0.25) is 0 Å². The van der Waals surface area contributed by atoms with Gasteiger partial charge in [0.25, 0.3) is 10.0 Å². The monoisotopic (exact) mass is 444 g/mol. The highest BCUT2D eigenvalue weighted by Gasteiger charge is 2.30. The van der Waals surface area contributed by atoms with Crippen molar-refractivity contribution in [3.8, 4) is 0 Å². The predicted octanol–water partition coefficient (Wildman–Crippen LogP) is 1.55. The maximum absolute atomic E-state index is 12.5. The summed E-state index contributed by atoms with van der Waals surface area (Å²) in [7, 11) is -7.09. The lowest BCUT2D eigenvalue weighted by Gasteiger charge is -2.30. The molecule has 28 heavy (non-hydrogen) atoms. The van der Waals surface area contributed by atoms with Crippen LogP contribution in [0.5, 0.6) is 0 Å². The normalized spacial score (nSPS) is 18.5. The lowest BCUT2D eigenvalue weighted by atomic mass is 9.99. The van der Waals surface area contributed by atoms with Gasteiger partial charge in [0, 0.05) is 30.4 Å². The van der Waals surface area contributed by atoms with Crippen LogP contribution in [-0.4, -0.2) is 51.4 Å². The van der Waals surface area contributed by atoms with Gasteiger partial charge in [0.05, 0.1) is 17.1 Å². The van der Waals surface area contributed by atoms with E-state index in [0.717, 1.165) is 6.26 Å². The summed E-state index contributed by atoms with van der Waals surface area (Å²) in [6.07, 6.45) is 3.84. The zero-order chi connectivity index (χ0) is 20.4. The summed E-state index contributed by atoms with van der Waals surface area (Å²) in [5, 5.41) is 4.65. The van der Waals surface area contributed by atoms with E-state index < -0.39 is 26.0 Å². The van der Waals surface area contributed by atoms with E-state index in [-0.39, 0.29) is 22.5 Å². The number of nitrogens with one attached hydrogen (secondary N) is 2. The van der Waals surface area contributed by atoms with Gasteiger partial charge < -0.3 is 5.32 Å². The summed E-state index contributed by atoms with van der Waals surface area (Å²) in [4.78, 5) is 16.4. The molecule has 0 radical (unpaired) electrons. The Morgan fingerprint density at radius 2 is 1.93 bits per heavy atom. The van der Waals surface area contributed by atoms with Crippen LogP contribution in [-0.2, 0) is 24.8 Å². The Bertz CT molecular complexity index is 1030. The van der Waals surface area contributed by atoms with Crippen LogP contribution in [0.1, 0.15) is 12.8 Å². The van der Waals surface area contributed by atoms with E-state index in [0.29, 0.717) is 25.1 Å². The number of carbonyl (C=O) groups is 1. The first-order chi connectivity index (χ1) is 13.1. The van der Waals surface area contributed by atoms with E-state index in [1.165, 1.54) is 46.1 Å². The van der Waals surface area contributed by atoms with E-state index in [9.17, 15) is 21.6 Å². The number of sulfonamides is 2. The molecule has 0 spiro atoms. The van der Waals surface area contributed by atoms with Gasteiger partial charge in [-0.05, 0) is 37.1 Å². The van der Waals surface area contributed by atoms with Crippen molar-refractivity contribution in [1.82, 2.24) is 9.29 Å². The summed E-state index contributed by atoms with van der Waals surface area (Å²) in [5.41, 5.74) is 0.440. The van der Waals surface area contributed by atoms with E-state index in [4.69, 9.17) is 0 Å². The molecule has 1 amide bonds. The van der Waals surface area contributed by atoms with Crippen LogP contribution in [0, 0.1) is 5.92 Å². The van der Waals surface area contributed by atoms with E-state index in [2.05, 4.69) is 15.0 Å². The fraction of sp³-hybridized carbons (Fsp3) is 0.375. The lowest BCUT2D eigenvalue weighted by molar-refractivity contribution is -0.120. The number of amides is 1. The third-order valence-corrected chi connectivity index (χ3v) is 7.75. The van der Waals surface area contributed by atoms with Crippen molar-refractivity contribution in [2.75, 3.05) is 29.4 Å². The van der Waals surface area contributed by atoms with Crippen molar-refractivity contribution in [1.29, 1.82) is 0 Å². The standard InChI is InChI=1S/C16H20N4O5S3/c1-27(22,23)20-9-2-3-12(11-20)15(21)18-13-4-6-14(7-5-13)28(24,25)19-16-17-8-10-26-16/h4-8,10,12H,2-3,9,11H2,1H3,(H,17,19)(H,18,21). The molecular weight excluding hydrogens is 424 g/mol. The van der Waals surface area contributed by atoms with E-state index in [1.54, 1.807) is 5.38 Å². The Hall–Kier alpha value is -2.02. The van der Waals surface area contributed by atoms with Crippen molar-refractivity contribution < 1.29 is 21.6 Å². The van der Waals surface area contributed by atoms with Gasteiger partial charge in [-0.15, -0.1) is 11.3 Å². The molecule has 1 saturated heterocycles. The van der Waals surface area contributed by atoms with E-state index in [1.807, 2.05) is 0 Å². The predicted molar refractivity (Wildman–Crippen MR) is 107 cm³/mol. The van der Waals surface area contributed by atoms with E-state index >= 15 is 0 Å². The van der Waals surface area contributed by atoms with Gasteiger partial charge in [-0.3, -0.25) is 9.52 Å². The molecule has 2 aromatic rings. The largest absolute Gasteiger partial charge is 0.326 e. The topological polar surface area (TPSA) is 126 Å². The van der Waals surface area contributed by atoms with Crippen LogP contribution < -0.4 is 10.0 Å². The molecule has 2 heterocycles. The second kappa shape index (κ2) is 8.15. The smallest absolute Gasteiger partial charge is 0.263 e. The maximum Gasteiger partial charge on any atom is 0.263 e. The molecule has 1 atom stereocenters. The van der Waals surface area contributed by atoms with Gasteiger partial charge in [-0.1, -0.05) is 0 Å². The molecule has 1 aromatic heterocycles. The summed E-state index contributed by atoms with van der Waals surface area (Å²) >= 11 is 1.17. The zero-order valence-electron chi connectivity index (χ0n) is 15.0. The molecule has 0 aliphatic carbocycles. The average Bonchev–Trinajstić information content (AvgIpc) is 3.14. The molecule has 1 aromatic carbocycles. The number of hydrogen-bond acceptors (Lipinski definition) is 7. The molecule has 1 unspecified atom stereocenters. The number of hydrogen-bond donors (Lipinski definition) is 2. The van der Waals surface area contributed by atoms with Crippen LogP contribution >= 0.6 is 11.3 Å². The number of anilines is 2. The molecule has 9 nitrogen and oxygen atoms in total. The minimum Gasteiger partial charge on any atom is -0.326 e. The first-order valence-corrected chi connectivity index (χ1v) is 12.6. The summed E-state index contributed by atoms with van der Waals surface area (Å²) < 4.78 is 51.7. The van der Waals surface area contributed by atoms with Gasteiger partial charge in [0.15, 0.2) is 5.13 Å². The number of nitrogens with zero attached hydrogens (tertiary/aromatic N) is 2. The Balaban J connectivity index is 1.64. The molecular formula is C16H20N4O5S3. The molecule has 1 aliphatic rings. The lowest BCUT2D eigenvalue weighted by Crippen LogP contribution is -2.43. The van der Waals surface area contributed by atoms with Crippen molar-refractivity contribution in [2.45, 2.75) is 17.7 Å². The van der Waals surface area contributed by atoms with Crippen LogP contribution in [0.3, 0.4) is 0 Å². The second-order valence-electron chi connectivity index (χ2n) is 6.42. The molecule has 12 heteroatoms. The van der Waals surface area contributed by atoms with Crippen molar-refractivity contribution >= 4 is 48.1 Å². The fourth-order valence-electron chi connectivity index (χ4n) is 2.87. The highest BCUT2D eigenvalue weighted by atomic mass is 32.2. The molecule has 1 aliphatic heterocycles. The van der Waals surface area contributed by atoms with Gasteiger partial charge in [-0.25, -0.2) is 26.1 Å². The second-order valence-corrected chi connectivity index (χ2v) is 11.0. The Morgan fingerprint density at radius 3 is 2.54 bits per heavy atom. The van der Waals surface area contributed by atoms with Gasteiger partial charge in [-0.2, -0.15) is 0 Å². The number of benzene rings is 1. The van der Waals surface area contributed by atoms with Crippen molar-refractivity contribution in [2.24, 2.45) is 5.92 Å². The summed E-state index contributed by atoms with van der Waals surface area (Å²) in [6.45, 7) is 0.566. The van der Waals surface area contributed by atoms with Crippen LogP contribution in [0.25, 0.3) is 0 Å². The number of carbonyl (C=O) groups excluding carboxylic acids is 1. The number of aromatic nitrogens is 1. The maximum atomic E-state index is 12.5. The quantitative estimate of drug-likeness (QED) is 0.696. The first kappa shape index (κ1) is 20.7. The Labute approximate surface area is 167 Å². The highest BCUT2D eigenvalue weighted by molar-refractivity contribution is 7.93. The summed E-state index contributed by atoms with van der Waals surface area (Å²) in [5.74, 6) is -0.733. The number of piperidine rings is 1. The Kier molecular flexibility index (Phi) is 6.03. The zero-order valence-corrected chi connectivity index (χ0v) is 17.5. The van der Waals surface area contributed by atoms with Crippen molar-refractivity contribution in [3.05, 3.63) is 35.8 Å². The number of rotatable bonds is 6. The SMILES string of the molecule is CS(=O)(=O)N1CCCC(C(=O)Nc2ccc(S(=O)(=O)Nc3nccs3)cc2)C1.